The molecule has 5 nitrogen and oxygen atoms in total. The molecule has 104 valence electrons. The average Bonchev–Trinajstić information content (AvgIpc) is 2.73. The summed E-state index contributed by atoms with van der Waals surface area (Å²) in [6.07, 6.45) is 2.64. The number of pyridine rings is 1. The first-order valence-corrected chi connectivity index (χ1v) is 6.82. The fraction of sp³-hybridized carbons (Fsp3) is 0.538. The topological polar surface area (TPSA) is 71.2 Å². The number of amides is 1. The number of nitrogens with one attached hydrogen (secondary N) is 1. The summed E-state index contributed by atoms with van der Waals surface area (Å²) in [5, 5.41) is 3.09. The summed E-state index contributed by atoms with van der Waals surface area (Å²) in [4.78, 5) is 18.1. The van der Waals surface area contributed by atoms with E-state index in [9.17, 15) is 4.79 Å². The lowest BCUT2D eigenvalue weighted by atomic mass is 10.1. The second-order valence-corrected chi connectivity index (χ2v) is 5.36. The Bertz CT molecular complexity index is 454. The van der Waals surface area contributed by atoms with Crippen LogP contribution in [0, 0.1) is 5.92 Å². The standard InChI is InChI=1S/C13H19ClN4O/c1-9-5-10(6-15)7-18(9)8-12(19)17-11-3-2-4-16-13(11)14/h2-4,9-10H,5-8,15H2,1H3,(H,17,19). The lowest BCUT2D eigenvalue weighted by Gasteiger charge is -2.20. The first-order valence-electron chi connectivity index (χ1n) is 6.44. The van der Waals surface area contributed by atoms with E-state index in [1.165, 1.54) is 0 Å². The maximum Gasteiger partial charge on any atom is 0.238 e. The van der Waals surface area contributed by atoms with E-state index in [0.29, 0.717) is 35.9 Å². The Morgan fingerprint density at radius 2 is 2.47 bits per heavy atom. The van der Waals surface area contributed by atoms with Crippen molar-refractivity contribution < 1.29 is 4.79 Å². The molecule has 1 fully saturated rings. The van der Waals surface area contributed by atoms with Gasteiger partial charge in [0.05, 0.1) is 12.2 Å². The zero-order valence-electron chi connectivity index (χ0n) is 11.0. The third-order valence-electron chi connectivity index (χ3n) is 3.50. The molecule has 1 aromatic heterocycles. The van der Waals surface area contributed by atoms with Gasteiger partial charge in [-0.2, -0.15) is 0 Å². The van der Waals surface area contributed by atoms with Gasteiger partial charge in [0.2, 0.25) is 5.91 Å². The SMILES string of the molecule is CC1CC(CN)CN1CC(=O)Nc1cccnc1Cl. The smallest absolute Gasteiger partial charge is 0.238 e. The highest BCUT2D eigenvalue weighted by Crippen LogP contribution is 2.22. The highest BCUT2D eigenvalue weighted by Gasteiger charge is 2.29. The molecule has 2 atom stereocenters. The van der Waals surface area contributed by atoms with Gasteiger partial charge < -0.3 is 11.1 Å². The zero-order valence-corrected chi connectivity index (χ0v) is 11.7. The number of rotatable bonds is 4. The quantitative estimate of drug-likeness (QED) is 0.818. The maximum atomic E-state index is 12.0. The largest absolute Gasteiger partial charge is 0.330 e. The van der Waals surface area contributed by atoms with Gasteiger partial charge in [-0.1, -0.05) is 11.6 Å². The summed E-state index contributed by atoms with van der Waals surface area (Å²) in [6, 6.07) is 3.87. The molecule has 2 unspecified atom stereocenters. The molecule has 1 aromatic rings. The van der Waals surface area contributed by atoms with Crippen LogP contribution in [0.15, 0.2) is 18.3 Å². The molecule has 0 radical (unpaired) electrons. The predicted molar refractivity (Wildman–Crippen MR) is 76.1 cm³/mol. The van der Waals surface area contributed by atoms with Gasteiger partial charge in [-0.15, -0.1) is 0 Å². The van der Waals surface area contributed by atoms with E-state index in [4.69, 9.17) is 17.3 Å². The van der Waals surface area contributed by atoms with Gasteiger partial charge in [-0.25, -0.2) is 4.98 Å². The maximum absolute atomic E-state index is 12.0. The van der Waals surface area contributed by atoms with Crippen LogP contribution in [0.4, 0.5) is 5.69 Å². The molecule has 19 heavy (non-hydrogen) atoms. The van der Waals surface area contributed by atoms with Gasteiger partial charge in [0.15, 0.2) is 5.15 Å². The molecule has 0 spiro atoms. The van der Waals surface area contributed by atoms with Gasteiger partial charge in [-0.05, 0) is 37.9 Å². The van der Waals surface area contributed by atoms with E-state index < -0.39 is 0 Å². The lowest BCUT2D eigenvalue weighted by Crippen LogP contribution is -2.36. The van der Waals surface area contributed by atoms with E-state index in [1.54, 1.807) is 18.3 Å². The van der Waals surface area contributed by atoms with Crippen molar-refractivity contribution in [1.82, 2.24) is 9.88 Å². The minimum absolute atomic E-state index is 0.0700. The Labute approximate surface area is 118 Å². The van der Waals surface area contributed by atoms with Gasteiger partial charge in [0.1, 0.15) is 0 Å². The molecule has 1 aliphatic rings. The third-order valence-corrected chi connectivity index (χ3v) is 3.80. The van der Waals surface area contributed by atoms with Crippen molar-refractivity contribution in [2.75, 3.05) is 25.0 Å². The van der Waals surface area contributed by atoms with Crippen LogP contribution < -0.4 is 11.1 Å². The number of nitrogens with zero attached hydrogens (tertiary/aromatic N) is 2. The monoisotopic (exact) mass is 282 g/mol. The number of aromatic nitrogens is 1. The first-order chi connectivity index (χ1) is 9.10. The lowest BCUT2D eigenvalue weighted by molar-refractivity contribution is -0.117. The second kappa shape index (κ2) is 6.32. The molecular formula is C13H19ClN4O. The van der Waals surface area contributed by atoms with Crippen LogP contribution in [-0.2, 0) is 4.79 Å². The number of carbonyl (C=O) groups is 1. The van der Waals surface area contributed by atoms with Crippen molar-refractivity contribution in [2.45, 2.75) is 19.4 Å². The molecule has 6 heteroatoms. The van der Waals surface area contributed by atoms with E-state index >= 15 is 0 Å². The Kier molecular flexibility index (Phi) is 4.74. The number of nitrogens with two attached hydrogens (primary N) is 1. The molecule has 0 bridgehead atoms. The molecule has 2 heterocycles. The summed E-state index contributed by atoms with van der Waals surface area (Å²) >= 11 is 5.90. The van der Waals surface area contributed by atoms with Gasteiger partial charge in [-0.3, -0.25) is 9.69 Å². The number of halogens is 1. The van der Waals surface area contributed by atoms with Crippen molar-refractivity contribution in [3.63, 3.8) is 0 Å². The predicted octanol–water partition coefficient (Wildman–Crippen LogP) is 1.34. The van der Waals surface area contributed by atoms with E-state index in [0.717, 1.165) is 13.0 Å². The number of anilines is 1. The van der Waals surface area contributed by atoms with Gasteiger partial charge in [0.25, 0.3) is 0 Å². The van der Waals surface area contributed by atoms with Crippen molar-refractivity contribution >= 4 is 23.2 Å². The Hall–Kier alpha value is -1.17. The number of carbonyl (C=O) groups excluding carboxylic acids is 1. The summed E-state index contributed by atoms with van der Waals surface area (Å²) < 4.78 is 0. The molecule has 0 aromatic carbocycles. The molecule has 1 aliphatic heterocycles. The Morgan fingerprint density at radius 1 is 1.68 bits per heavy atom. The van der Waals surface area contributed by atoms with Crippen molar-refractivity contribution in [3.05, 3.63) is 23.5 Å². The van der Waals surface area contributed by atoms with Crippen molar-refractivity contribution in [2.24, 2.45) is 11.7 Å². The number of hydrogen-bond donors (Lipinski definition) is 2. The minimum Gasteiger partial charge on any atom is -0.330 e. The second-order valence-electron chi connectivity index (χ2n) is 5.01. The van der Waals surface area contributed by atoms with E-state index in [2.05, 4.69) is 22.1 Å². The van der Waals surface area contributed by atoms with Crippen molar-refractivity contribution in [1.29, 1.82) is 0 Å². The van der Waals surface area contributed by atoms with E-state index in [-0.39, 0.29) is 5.91 Å². The van der Waals surface area contributed by atoms with Crippen LogP contribution in [0.1, 0.15) is 13.3 Å². The van der Waals surface area contributed by atoms with Crippen LogP contribution in [0.25, 0.3) is 0 Å². The molecule has 2 rings (SSSR count). The highest BCUT2D eigenvalue weighted by atomic mass is 35.5. The average molecular weight is 283 g/mol. The molecule has 1 saturated heterocycles. The Morgan fingerprint density at radius 3 is 3.11 bits per heavy atom. The number of hydrogen-bond acceptors (Lipinski definition) is 4. The zero-order chi connectivity index (χ0) is 13.8. The van der Waals surface area contributed by atoms with E-state index in [1.807, 2.05) is 0 Å². The Balaban J connectivity index is 1.90. The fourth-order valence-electron chi connectivity index (χ4n) is 2.46. The van der Waals surface area contributed by atoms with Gasteiger partial charge in [0, 0.05) is 18.8 Å². The molecule has 3 N–H and O–H groups in total. The van der Waals surface area contributed by atoms with Crippen LogP contribution >= 0.6 is 11.6 Å². The molecule has 1 amide bonds. The normalized spacial score (nSPS) is 23.5. The van der Waals surface area contributed by atoms with Gasteiger partial charge >= 0.3 is 0 Å². The summed E-state index contributed by atoms with van der Waals surface area (Å²) in [6.45, 7) is 4.05. The first kappa shape index (κ1) is 14.2. The van der Waals surface area contributed by atoms with Crippen LogP contribution in [0.2, 0.25) is 5.15 Å². The van der Waals surface area contributed by atoms with Crippen molar-refractivity contribution in [3.8, 4) is 0 Å². The summed E-state index contributed by atoms with van der Waals surface area (Å²) in [5.41, 5.74) is 6.23. The molecular weight excluding hydrogens is 264 g/mol. The minimum atomic E-state index is -0.0700. The summed E-state index contributed by atoms with van der Waals surface area (Å²) in [5.74, 6) is 0.421. The van der Waals surface area contributed by atoms with Crippen LogP contribution in [0.5, 0.6) is 0 Å². The molecule has 0 saturated carbocycles. The fourth-order valence-corrected chi connectivity index (χ4v) is 2.63. The third kappa shape index (κ3) is 3.65. The molecule has 0 aliphatic carbocycles. The van der Waals surface area contributed by atoms with Crippen LogP contribution in [0.3, 0.4) is 0 Å². The highest BCUT2D eigenvalue weighted by molar-refractivity contribution is 6.32. The number of likely N-dealkylation sites (tertiary alicyclic amines) is 1. The summed E-state index contributed by atoms with van der Waals surface area (Å²) in [7, 11) is 0. The van der Waals surface area contributed by atoms with Crippen LogP contribution in [-0.4, -0.2) is 41.5 Å².